The number of fused-ring (bicyclic) bond motifs is 1. The monoisotopic (exact) mass is 570 g/mol. The van der Waals surface area contributed by atoms with E-state index in [9.17, 15) is 37.1 Å². The minimum absolute atomic E-state index is 0.0931. The van der Waals surface area contributed by atoms with E-state index in [-0.39, 0.29) is 22.2 Å². The van der Waals surface area contributed by atoms with Crippen molar-refractivity contribution in [1.29, 1.82) is 0 Å². The SMILES string of the molecule is Cc1ccc(S(=O)(=O)Nc2ccc(-c3nc(NC(P(=O)(O)O)P(=O)(O)O)c4ccsc4n3)cc2)cc1. The first kappa shape index (κ1) is 26.4. The Morgan fingerprint density at radius 1 is 0.889 bits per heavy atom. The number of hydrogen-bond donors (Lipinski definition) is 6. The topological polar surface area (TPSA) is 199 Å². The molecular weight excluding hydrogens is 550 g/mol. The van der Waals surface area contributed by atoms with E-state index in [1.54, 1.807) is 23.6 Å². The molecule has 0 bridgehead atoms. The summed E-state index contributed by atoms with van der Waals surface area (Å²) >= 11 is 1.19. The van der Waals surface area contributed by atoms with Gasteiger partial charge in [0.1, 0.15) is 10.6 Å². The van der Waals surface area contributed by atoms with Gasteiger partial charge >= 0.3 is 15.2 Å². The smallest absolute Gasteiger partial charge is 0.346 e. The van der Waals surface area contributed by atoms with Gasteiger partial charge in [-0.05, 0) is 54.8 Å². The second-order valence-corrected chi connectivity index (χ2v) is 14.1. The molecule has 0 aliphatic heterocycles. The van der Waals surface area contributed by atoms with Crippen molar-refractivity contribution in [2.45, 2.75) is 17.3 Å². The van der Waals surface area contributed by atoms with Crippen LogP contribution in [0, 0.1) is 6.92 Å². The number of anilines is 2. The van der Waals surface area contributed by atoms with Gasteiger partial charge in [-0.3, -0.25) is 13.9 Å². The fourth-order valence-electron chi connectivity index (χ4n) is 3.20. The second kappa shape index (κ2) is 9.66. The lowest BCUT2D eigenvalue weighted by Crippen LogP contribution is -2.21. The van der Waals surface area contributed by atoms with Gasteiger partial charge in [0.05, 0.1) is 10.3 Å². The van der Waals surface area contributed by atoms with Crippen LogP contribution in [0.1, 0.15) is 5.56 Å². The van der Waals surface area contributed by atoms with E-state index in [2.05, 4.69) is 20.0 Å². The summed E-state index contributed by atoms with van der Waals surface area (Å²) in [5.74, 6) is -0.0763. The zero-order valence-corrected chi connectivity index (χ0v) is 21.8. The van der Waals surface area contributed by atoms with E-state index < -0.39 is 30.7 Å². The van der Waals surface area contributed by atoms with Crippen molar-refractivity contribution in [1.82, 2.24) is 9.97 Å². The fourth-order valence-corrected chi connectivity index (χ4v) is 7.17. The Kier molecular flexibility index (Phi) is 7.08. The largest absolute Gasteiger partial charge is 0.360 e. The molecule has 0 spiro atoms. The predicted octanol–water partition coefficient (Wildman–Crippen LogP) is 3.52. The van der Waals surface area contributed by atoms with E-state index in [4.69, 9.17) is 0 Å². The van der Waals surface area contributed by atoms with Crippen LogP contribution in [0.4, 0.5) is 11.5 Å². The Morgan fingerprint density at radius 2 is 1.50 bits per heavy atom. The highest BCUT2D eigenvalue weighted by Crippen LogP contribution is 2.59. The van der Waals surface area contributed by atoms with Crippen LogP contribution in [-0.4, -0.2) is 43.5 Å². The summed E-state index contributed by atoms with van der Waals surface area (Å²) in [6, 6.07) is 14.0. The molecule has 2 aromatic heterocycles. The second-order valence-electron chi connectivity index (χ2n) is 7.73. The highest BCUT2D eigenvalue weighted by molar-refractivity contribution is 7.92. The van der Waals surface area contributed by atoms with Gasteiger partial charge in [-0.25, -0.2) is 18.4 Å². The average molecular weight is 570 g/mol. The van der Waals surface area contributed by atoms with Crippen molar-refractivity contribution in [3.8, 4) is 11.4 Å². The summed E-state index contributed by atoms with van der Waals surface area (Å²) in [4.78, 5) is 47.0. The van der Waals surface area contributed by atoms with Crippen LogP contribution in [0.15, 0.2) is 64.9 Å². The van der Waals surface area contributed by atoms with Crippen molar-refractivity contribution in [3.63, 3.8) is 0 Å². The molecule has 4 rings (SSSR count). The zero-order chi connectivity index (χ0) is 26.3. The van der Waals surface area contributed by atoms with Gasteiger partial charge in [-0.2, -0.15) is 0 Å². The van der Waals surface area contributed by atoms with Crippen molar-refractivity contribution >= 4 is 58.3 Å². The lowest BCUT2D eigenvalue weighted by molar-refractivity contribution is 0.343. The van der Waals surface area contributed by atoms with Gasteiger partial charge in [0.15, 0.2) is 5.82 Å². The predicted molar refractivity (Wildman–Crippen MR) is 136 cm³/mol. The van der Waals surface area contributed by atoms with Crippen LogP contribution in [0.25, 0.3) is 21.6 Å². The molecule has 0 atom stereocenters. The maximum absolute atomic E-state index is 12.6. The number of sulfonamides is 1. The van der Waals surface area contributed by atoms with E-state index in [1.807, 2.05) is 6.92 Å². The summed E-state index contributed by atoms with van der Waals surface area (Å²) < 4.78 is 51.2. The molecule has 0 unspecified atom stereocenters. The molecule has 2 heterocycles. The van der Waals surface area contributed by atoms with Crippen LogP contribution < -0.4 is 10.0 Å². The molecular formula is C20H20N4O8P2S2. The van der Waals surface area contributed by atoms with Crippen LogP contribution in [-0.2, 0) is 19.2 Å². The molecule has 6 N–H and O–H groups in total. The number of benzene rings is 2. The van der Waals surface area contributed by atoms with Crippen LogP contribution in [0.2, 0.25) is 0 Å². The maximum Gasteiger partial charge on any atom is 0.360 e. The van der Waals surface area contributed by atoms with Crippen LogP contribution >= 0.6 is 26.5 Å². The van der Waals surface area contributed by atoms with Crippen LogP contribution in [0.5, 0.6) is 0 Å². The van der Waals surface area contributed by atoms with Gasteiger partial charge < -0.3 is 24.9 Å². The molecule has 4 aromatic rings. The minimum Gasteiger partial charge on any atom is -0.346 e. The standard InChI is InChI=1S/C20H20N4O8P2S2/c1-12-2-8-15(9-3-12)36(31,32)24-14-6-4-13(5-7-14)17-21-18(16-10-11-35-19(16)22-17)23-20(33(25,26)27)34(28,29)30/h2-11,20,24H,1H3,(H,21,22,23)(H2,25,26,27)(H2,28,29,30). The Balaban J connectivity index is 1.66. The lowest BCUT2D eigenvalue weighted by atomic mass is 10.2. The van der Waals surface area contributed by atoms with E-state index in [0.717, 1.165) is 5.56 Å². The third-order valence-corrected chi connectivity index (χ3v) is 10.5. The van der Waals surface area contributed by atoms with Crippen molar-refractivity contribution in [3.05, 3.63) is 65.5 Å². The summed E-state index contributed by atoms with van der Waals surface area (Å²) in [6.45, 7) is 1.84. The number of hydrogen-bond acceptors (Lipinski definition) is 8. The lowest BCUT2D eigenvalue weighted by Gasteiger charge is -2.21. The number of rotatable bonds is 8. The first-order chi connectivity index (χ1) is 16.7. The van der Waals surface area contributed by atoms with Crippen molar-refractivity contribution < 1.29 is 37.1 Å². The number of thiophene rings is 1. The van der Waals surface area contributed by atoms with E-state index >= 15 is 0 Å². The minimum atomic E-state index is -5.26. The molecule has 0 aliphatic rings. The Morgan fingerprint density at radius 3 is 2.08 bits per heavy atom. The molecule has 0 amide bonds. The third-order valence-electron chi connectivity index (χ3n) is 4.95. The van der Waals surface area contributed by atoms with Gasteiger partial charge in [-0.1, -0.05) is 17.7 Å². The fraction of sp³-hybridized carbons (Fsp3) is 0.100. The number of aryl methyl sites for hydroxylation is 1. The summed E-state index contributed by atoms with van der Waals surface area (Å²) in [5, 5.41) is 4.16. The summed E-state index contributed by atoms with van der Waals surface area (Å²) in [7, 11) is -14.3. The van der Waals surface area contributed by atoms with Crippen LogP contribution in [0.3, 0.4) is 0 Å². The molecule has 0 aliphatic carbocycles. The Hall–Kier alpha value is -2.67. The Labute approximate surface area is 209 Å². The molecule has 190 valence electrons. The van der Waals surface area contributed by atoms with E-state index in [0.29, 0.717) is 15.8 Å². The van der Waals surface area contributed by atoms with Gasteiger partial charge in [-0.15, -0.1) is 11.3 Å². The molecule has 0 saturated heterocycles. The zero-order valence-electron chi connectivity index (χ0n) is 18.4. The first-order valence-electron chi connectivity index (χ1n) is 10.1. The molecule has 2 aromatic carbocycles. The molecule has 0 fully saturated rings. The van der Waals surface area contributed by atoms with Gasteiger partial charge in [0, 0.05) is 11.3 Å². The Bertz CT molecular complexity index is 1590. The van der Waals surface area contributed by atoms with Gasteiger partial charge in [0.2, 0.25) is 5.52 Å². The van der Waals surface area contributed by atoms with Crippen molar-refractivity contribution in [2.24, 2.45) is 0 Å². The number of aromatic nitrogens is 2. The maximum atomic E-state index is 12.6. The molecule has 16 heteroatoms. The molecule has 0 radical (unpaired) electrons. The first-order valence-corrected chi connectivity index (χ1v) is 15.8. The average Bonchev–Trinajstić information content (AvgIpc) is 3.25. The van der Waals surface area contributed by atoms with Crippen molar-refractivity contribution in [2.75, 3.05) is 10.0 Å². The highest BCUT2D eigenvalue weighted by Gasteiger charge is 2.44. The van der Waals surface area contributed by atoms with Gasteiger partial charge in [0.25, 0.3) is 10.0 Å². The number of nitrogens with one attached hydrogen (secondary N) is 2. The molecule has 0 saturated carbocycles. The third kappa shape index (κ3) is 5.83. The van der Waals surface area contributed by atoms with E-state index in [1.165, 1.54) is 47.7 Å². The quantitative estimate of drug-likeness (QED) is 0.169. The normalized spacial score (nSPS) is 12.7. The highest BCUT2D eigenvalue weighted by atomic mass is 32.2. The molecule has 12 nitrogen and oxygen atoms in total. The molecule has 36 heavy (non-hydrogen) atoms. The number of nitrogens with zero attached hydrogens (tertiary/aromatic N) is 2. The summed E-state index contributed by atoms with van der Waals surface area (Å²) in [5.41, 5.74) is -0.870. The summed E-state index contributed by atoms with van der Waals surface area (Å²) in [6.07, 6.45) is 0.